The molecule has 2 aromatic carbocycles. The minimum Gasteiger partial charge on any atom is -0.308 e. The maximum absolute atomic E-state index is 5.19. The van der Waals surface area contributed by atoms with Crippen LogP contribution in [0.15, 0.2) is 48.5 Å². The zero-order chi connectivity index (χ0) is 19.0. The molecule has 0 saturated heterocycles. The SMILES string of the molecule is Cc1ccc(-c2nc3c(nc2-c2ccc(C)cc2)C(C(C)C)NCC3)cc1. The third-order valence-electron chi connectivity index (χ3n) is 5.34. The predicted octanol–water partition coefficient (Wildman–Crippen LogP) is 5.27. The summed E-state index contributed by atoms with van der Waals surface area (Å²) in [4.78, 5) is 10.3. The van der Waals surface area contributed by atoms with E-state index >= 15 is 0 Å². The molecule has 0 spiro atoms. The van der Waals surface area contributed by atoms with E-state index in [1.54, 1.807) is 0 Å². The van der Waals surface area contributed by atoms with Gasteiger partial charge in [-0.2, -0.15) is 0 Å². The van der Waals surface area contributed by atoms with Crippen LogP contribution < -0.4 is 5.32 Å². The lowest BCUT2D eigenvalue weighted by atomic mass is 9.93. The van der Waals surface area contributed by atoms with Crippen LogP contribution in [-0.4, -0.2) is 16.5 Å². The van der Waals surface area contributed by atoms with E-state index in [4.69, 9.17) is 9.97 Å². The van der Waals surface area contributed by atoms with Crippen molar-refractivity contribution < 1.29 is 0 Å². The summed E-state index contributed by atoms with van der Waals surface area (Å²) < 4.78 is 0. The van der Waals surface area contributed by atoms with Crippen LogP contribution in [0, 0.1) is 19.8 Å². The molecular weight excluding hydrogens is 330 g/mol. The van der Waals surface area contributed by atoms with E-state index in [0.29, 0.717) is 5.92 Å². The van der Waals surface area contributed by atoms with Crippen molar-refractivity contribution in [2.45, 2.75) is 40.2 Å². The van der Waals surface area contributed by atoms with E-state index in [0.717, 1.165) is 46.9 Å². The zero-order valence-corrected chi connectivity index (χ0v) is 16.6. The van der Waals surface area contributed by atoms with Crippen molar-refractivity contribution in [1.82, 2.24) is 15.3 Å². The highest BCUT2D eigenvalue weighted by Crippen LogP contribution is 2.34. The van der Waals surface area contributed by atoms with Crippen molar-refractivity contribution in [3.8, 4) is 22.5 Å². The second-order valence-electron chi connectivity index (χ2n) is 7.91. The van der Waals surface area contributed by atoms with Crippen LogP contribution in [0.2, 0.25) is 0 Å². The highest BCUT2D eigenvalue weighted by atomic mass is 15.0. The third kappa shape index (κ3) is 3.52. The van der Waals surface area contributed by atoms with Gasteiger partial charge in [0.1, 0.15) is 0 Å². The van der Waals surface area contributed by atoms with Gasteiger partial charge in [-0.3, -0.25) is 0 Å². The molecule has 1 aliphatic rings. The molecule has 4 rings (SSSR count). The molecular formula is C24H27N3. The number of nitrogens with zero attached hydrogens (tertiary/aromatic N) is 2. The second-order valence-corrected chi connectivity index (χ2v) is 7.91. The number of aryl methyl sites for hydroxylation is 2. The molecule has 0 bridgehead atoms. The number of hydrogen-bond donors (Lipinski definition) is 1. The molecule has 0 amide bonds. The summed E-state index contributed by atoms with van der Waals surface area (Å²) in [7, 11) is 0. The summed E-state index contributed by atoms with van der Waals surface area (Å²) >= 11 is 0. The van der Waals surface area contributed by atoms with Gasteiger partial charge in [-0.15, -0.1) is 0 Å². The van der Waals surface area contributed by atoms with Crippen molar-refractivity contribution in [2.75, 3.05) is 6.54 Å². The highest BCUT2D eigenvalue weighted by molar-refractivity contribution is 5.78. The van der Waals surface area contributed by atoms with E-state index in [2.05, 4.69) is 81.5 Å². The van der Waals surface area contributed by atoms with E-state index in [1.807, 2.05) is 0 Å². The Morgan fingerprint density at radius 1 is 0.815 bits per heavy atom. The smallest absolute Gasteiger partial charge is 0.0969 e. The lowest BCUT2D eigenvalue weighted by molar-refractivity contribution is 0.382. The van der Waals surface area contributed by atoms with Crippen LogP contribution in [0.5, 0.6) is 0 Å². The molecule has 1 atom stereocenters. The van der Waals surface area contributed by atoms with Gasteiger partial charge in [0.2, 0.25) is 0 Å². The maximum atomic E-state index is 5.19. The van der Waals surface area contributed by atoms with Gasteiger partial charge >= 0.3 is 0 Å². The topological polar surface area (TPSA) is 37.8 Å². The first-order valence-electron chi connectivity index (χ1n) is 9.81. The van der Waals surface area contributed by atoms with Gasteiger partial charge in [0, 0.05) is 24.1 Å². The Balaban J connectivity index is 1.93. The summed E-state index contributed by atoms with van der Waals surface area (Å²) in [6, 6.07) is 17.5. The van der Waals surface area contributed by atoms with E-state index in [1.165, 1.54) is 11.1 Å². The molecule has 0 saturated carbocycles. The van der Waals surface area contributed by atoms with E-state index < -0.39 is 0 Å². The number of fused-ring (bicyclic) bond motifs is 1. The minimum atomic E-state index is 0.262. The van der Waals surface area contributed by atoms with Crippen LogP contribution in [0.3, 0.4) is 0 Å². The van der Waals surface area contributed by atoms with Gasteiger partial charge in [0.15, 0.2) is 0 Å². The molecule has 0 fully saturated rings. The normalized spacial score (nSPS) is 16.4. The fraction of sp³-hybridized carbons (Fsp3) is 0.333. The maximum Gasteiger partial charge on any atom is 0.0969 e. The molecule has 0 aliphatic carbocycles. The molecule has 3 nitrogen and oxygen atoms in total. The van der Waals surface area contributed by atoms with Gasteiger partial charge in [-0.1, -0.05) is 73.5 Å². The standard InChI is InChI=1S/C24H27N3/c1-15(2)21-24-20(13-14-25-21)26-22(18-9-5-16(3)6-10-18)23(27-24)19-11-7-17(4)8-12-19/h5-12,15,21,25H,13-14H2,1-4H3. The molecule has 1 aliphatic heterocycles. The fourth-order valence-electron chi connectivity index (χ4n) is 3.74. The second kappa shape index (κ2) is 7.24. The summed E-state index contributed by atoms with van der Waals surface area (Å²) in [6.07, 6.45) is 0.929. The van der Waals surface area contributed by atoms with Gasteiger partial charge in [-0.05, 0) is 19.8 Å². The van der Waals surface area contributed by atoms with E-state index in [9.17, 15) is 0 Å². The molecule has 1 N–H and O–H groups in total. The molecule has 27 heavy (non-hydrogen) atoms. The average molecular weight is 358 g/mol. The monoisotopic (exact) mass is 357 g/mol. The highest BCUT2D eigenvalue weighted by Gasteiger charge is 2.27. The van der Waals surface area contributed by atoms with Crippen LogP contribution in [-0.2, 0) is 6.42 Å². The number of rotatable bonds is 3. The first-order valence-corrected chi connectivity index (χ1v) is 9.81. The molecule has 3 aromatic rings. The van der Waals surface area contributed by atoms with Gasteiger partial charge in [0.25, 0.3) is 0 Å². The minimum absolute atomic E-state index is 0.262. The largest absolute Gasteiger partial charge is 0.308 e. The Morgan fingerprint density at radius 2 is 1.33 bits per heavy atom. The first-order chi connectivity index (χ1) is 13.0. The fourth-order valence-corrected chi connectivity index (χ4v) is 3.74. The van der Waals surface area contributed by atoms with Crippen LogP contribution >= 0.6 is 0 Å². The van der Waals surface area contributed by atoms with E-state index in [-0.39, 0.29) is 6.04 Å². The summed E-state index contributed by atoms with van der Waals surface area (Å²) in [5, 5.41) is 3.63. The number of aromatic nitrogens is 2. The van der Waals surface area contributed by atoms with Crippen molar-refractivity contribution in [3.05, 3.63) is 71.0 Å². The van der Waals surface area contributed by atoms with Crippen LogP contribution in [0.1, 0.15) is 42.4 Å². The van der Waals surface area contributed by atoms with Crippen molar-refractivity contribution in [3.63, 3.8) is 0 Å². The Morgan fingerprint density at radius 3 is 1.85 bits per heavy atom. The summed E-state index contributed by atoms with van der Waals surface area (Å²) in [6.45, 7) is 9.67. The predicted molar refractivity (Wildman–Crippen MR) is 112 cm³/mol. The molecule has 3 heteroatoms. The van der Waals surface area contributed by atoms with Crippen LogP contribution in [0.4, 0.5) is 0 Å². The summed E-state index contributed by atoms with van der Waals surface area (Å²) in [5.74, 6) is 0.481. The Labute approximate surface area is 161 Å². The average Bonchev–Trinajstić information content (AvgIpc) is 2.67. The van der Waals surface area contributed by atoms with Crippen molar-refractivity contribution in [2.24, 2.45) is 5.92 Å². The van der Waals surface area contributed by atoms with Gasteiger partial charge in [-0.25, -0.2) is 9.97 Å². The molecule has 0 radical (unpaired) electrons. The van der Waals surface area contributed by atoms with Crippen LogP contribution in [0.25, 0.3) is 22.5 Å². The number of nitrogens with one attached hydrogen (secondary N) is 1. The quantitative estimate of drug-likeness (QED) is 0.694. The molecule has 138 valence electrons. The van der Waals surface area contributed by atoms with Crippen molar-refractivity contribution in [1.29, 1.82) is 0 Å². The van der Waals surface area contributed by atoms with Gasteiger partial charge < -0.3 is 5.32 Å². The van der Waals surface area contributed by atoms with Gasteiger partial charge in [0.05, 0.1) is 28.8 Å². The Hall–Kier alpha value is -2.52. The lowest BCUT2D eigenvalue weighted by Crippen LogP contribution is -2.34. The van der Waals surface area contributed by atoms with Crippen molar-refractivity contribution >= 4 is 0 Å². The first kappa shape index (κ1) is 17.9. The number of benzene rings is 2. The number of hydrogen-bond acceptors (Lipinski definition) is 3. The lowest BCUT2D eigenvalue weighted by Gasteiger charge is -2.29. The molecule has 1 aromatic heterocycles. The Kier molecular flexibility index (Phi) is 4.79. The zero-order valence-electron chi connectivity index (χ0n) is 16.6. The molecule has 1 unspecified atom stereocenters. The molecule has 2 heterocycles. The summed E-state index contributed by atoms with van der Waals surface area (Å²) in [5.41, 5.74) is 8.98. The Bertz CT molecular complexity index is 941. The third-order valence-corrected chi connectivity index (χ3v) is 5.34.